The Labute approximate surface area is 371 Å². The Morgan fingerprint density at radius 3 is 0.984 bits per heavy atom. The molecule has 0 fully saturated rings. The smallest absolute Gasteiger partial charge is 0.0540 e. The van der Waals surface area contributed by atoms with Gasteiger partial charge in [-0.15, -0.1) is 0 Å². The summed E-state index contributed by atoms with van der Waals surface area (Å²) in [6.45, 7) is 9.15. The van der Waals surface area contributed by atoms with Crippen molar-refractivity contribution in [2.45, 2.75) is 27.7 Å². The summed E-state index contributed by atoms with van der Waals surface area (Å²) < 4.78 is 4.98. The molecule has 0 spiro atoms. The molecule has 0 saturated heterocycles. The molecule has 2 heteroatoms. The highest BCUT2D eigenvalue weighted by molar-refractivity contribution is 6.25. The van der Waals surface area contributed by atoms with Crippen LogP contribution in [0.4, 0.5) is 0 Å². The van der Waals surface area contributed by atoms with Crippen LogP contribution in [-0.2, 0) is 0 Å². The van der Waals surface area contributed by atoms with Crippen LogP contribution in [0, 0.1) is 27.7 Å². The quantitative estimate of drug-likeness (QED) is 0.157. The summed E-state index contributed by atoms with van der Waals surface area (Å²) in [5.41, 5.74) is 14.9. The van der Waals surface area contributed by atoms with Crippen molar-refractivity contribution in [3.8, 4) is 33.6 Å². The Hall–Kier alpha value is -7.94. The van der Waals surface area contributed by atoms with Gasteiger partial charge in [-0.2, -0.15) is 0 Å². The van der Waals surface area contributed by atoms with E-state index in [9.17, 15) is 0 Å². The van der Waals surface area contributed by atoms with E-state index in [1.165, 1.54) is 143 Å². The summed E-state index contributed by atoms with van der Waals surface area (Å²) in [6, 6.07) is 72.7. The molecule has 64 heavy (non-hydrogen) atoms. The lowest BCUT2D eigenvalue weighted by molar-refractivity contribution is 1.04. The highest BCUT2D eigenvalue weighted by atomic mass is 15.0. The molecular formula is C62H44N2. The number of fused-ring (bicyclic) bond motifs is 8. The summed E-state index contributed by atoms with van der Waals surface area (Å²) in [5, 5.41) is 17.6. The van der Waals surface area contributed by atoms with Crippen molar-refractivity contribution in [2.24, 2.45) is 0 Å². The molecule has 0 bridgehead atoms. The van der Waals surface area contributed by atoms with Gasteiger partial charge in [-0.05, 0) is 199 Å². The molecule has 2 heterocycles. The minimum absolute atomic E-state index is 1.18. The van der Waals surface area contributed by atoms with Gasteiger partial charge in [0.25, 0.3) is 0 Å². The summed E-state index contributed by atoms with van der Waals surface area (Å²) >= 11 is 0. The molecule has 0 N–H and O–H groups in total. The second-order valence-electron chi connectivity index (χ2n) is 17.9. The van der Waals surface area contributed by atoms with Crippen LogP contribution in [0.1, 0.15) is 22.5 Å². The molecule has 2 nitrogen and oxygen atoms in total. The van der Waals surface area contributed by atoms with Crippen molar-refractivity contribution >= 4 is 86.4 Å². The lowest BCUT2D eigenvalue weighted by atomic mass is 9.84. The molecule has 2 aromatic heterocycles. The average molecular weight is 817 g/mol. The minimum atomic E-state index is 1.18. The summed E-state index contributed by atoms with van der Waals surface area (Å²) in [5.74, 6) is 0. The Kier molecular flexibility index (Phi) is 7.90. The van der Waals surface area contributed by atoms with Gasteiger partial charge < -0.3 is 9.13 Å². The maximum atomic E-state index is 2.50. The fourth-order valence-electron chi connectivity index (χ4n) is 11.0. The fourth-order valence-corrected chi connectivity index (χ4v) is 11.0. The van der Waals surface area contributed by atoms with Crippen LogP contribution in [0.2, 0.25) is 0 Å². The van der Waals surface area contributed by atoms with E-state index in [4.69, 9.17) is 0 Å². The van der Waals surface area contributed by atoms with Crippen molar-refractivity contribution in [1.29, 1.82) is 0 Å². The van der Waals surface area contributed by atoms with E-state index >= 15 is 0 Å². The fraction of sp³-hybridized carbons (Fsp3) is 0.0645. The maximum Gasteiger partial charge on any atom is 0.0540 e. The normalized spacial score (nSPS) is 12.1. The zero-order chi connectivity index (χ0) is 42.8. The van der Waals surface area contributed by atoms with Crippen molar-refractivity contribution in [3.63, 3.8) is 0 Å². The second kappa shape index (κ2) is 13.8. The monoisotopic (exact) mass is 816 g/mol. The molecule has 11 aromatic carbocycles. The molecule has 13 aromatic rings. The third-order valence-corrected chi connectivity index (χ3v) is 14.4. The SMILES string of the molecule is Cc1c(C)n(-c2ccc3cc4ccccc4cc3c2)c2cc3c(-c4ccccc4)c4cc5c(C)c(C)n(-c6ccc7cc8ccccc8cc7c6)c5cc4c(-c4ccccc4)c3cc12. The van der Waals surface area contributed by atoms with E-state index in [0.29, 0.717) is 0 Å². The average Bonchev–Trinajstić information content (AvgIpc) is 3.72. The van der Waals surface area contributed by atoms with Crippen LogP contribution >= 0.6 is 0 Å². The highest BCUT2D eigenvalue weighted by Crippen LogP contribution is 2.48. The molecule has 0 amide bonds. The molecule has 0 radical (unpaired) electrons. The van der Waals surface area contributed by atoms with Crippen LogP contribution in [0.15, 0.2) is 194 Å². The number of benzene rings is 11. The summed E-state index contributed by atoms with van der Waals surface area (Å²) in [4.78, 5) is 0. The first kappa shape index (κ1) is 36.7. The number of aromatic nitrogens is 2. The highest BCUT2D eigenvalue weighted by Gasteiger charge is 2.24. The van der Waals surface area contributed by atoms with E-state index in [2.05, 4.69) is 231 Å². The third kappa shape index (κ3) is 5.39. The molecule has 13 rings (SSSR count). The third-order valence-electron chi connectivity index (χ3n) is 14.4. The van der Waals surface area contributed by atoms with E-state index in [-0.39, 0.29) is 0 Å². The van der Waals surface area contributed by atoms with E-state index in [1.54, 1.807) is 0 Å². The topological polar surface area (TPSA) is 9.86 Å². The summed E-state index contributed by atoms with van der Waals surface area (Å²) in [7, 11) is 0. The van der Waals surface area contributed by atoms with Crippen LogP contribution in [0.25, 0.3) is 120 Å². The Morgan fingerprint density at radius 2 is 0.594 bits per heavy atom. The van der Waals surface area contributed by atoms with Crippen LogP contribution < -0.4 is 0 Å². The van der Waals surface area contributed by atoms with Gasteiger partial charge in [-0.3, -0.25) is 0 Å². The largest absolute Gasteiger partial charge is 0.314 e. The first-order valence-electron chi connectivity index (χ1n) is 22.4. The first-order valence-corrected chi connectivity index (χ1v) is 22.4. The van der Waals surface area contributed by atoms with Crippen molar-refractivity contribution in [3.05, 3.63) is 217 Å². The Bertz CT molecular complexity index is 3820. The van der Waals surface area contributed by atoms with Gasteiger partial charge in [0.2, 0.25) is 0 Å². The van der Waals surface area contributed by atoms with Crippen LogP contribution in [0.3, 0.4) is 0 Å². The number of rotatable bonds is 4. The van der Waals surface area contributed by atoms with Gasteiger partial charge in [0, 0.05) is 33.5 Å². The number of nitrogens with zero attached hydrogens (tertiary/aromatic N) is 2. The Balaban J connectivity index is 1.13. The molecule has 0 aliphatic rings. The molecule has 0 unspecified atom stereocenters. The molecule has 0 aliphatic carbocycles. The number of hydrogen-bond donors (Lipinski definition) is 0. The van der Waals surface area contributed by atoms with Gasteiger partial charge in [0.15, 0.2) is 0 Å². The second-order valence-corrected chi connectivity index (χ2v) is 17.9. The van der Waals surface area contributed by atoms with E-state index in [1.807, 2.05) is 0 Å². The van der Waals surface area contributed by atoms with Crippen LogP contribution in [0.5, 0.6) is 0 Å². The number of aryl methyl sites for hydroxylation is 2. The molecule has 302 valence electrons. The Morgan fingerprint density at radius 1 is 0.266 bits per heavy atom. The van der Waals surface area contributed by atoms with Crippen molar-refractivity contribution in [1.82, 2.24) is 9.13 Å². The van der Waals surface area contributed by atoms with Gasteiger partial charge in [-0.1, -0.05) is 121 Å². The molecule has 0 saturated carbocycles. The number of hydrogen-bond acceptors (Lipinski definition) is 0. The zero-order valence-electron chi connectivity index (χ0n) is 36.4. The van der Waals surface area contributed by atoms with Gasteiger partial charge in [0.1, 0.15) is 0 Å². The van der Waals surface area contributed by atoms with Gasteiger partial charge in [0.05, 0.1) is 11.0 Å². The zero-order valence-corrected chi connectivity index (χ0v) is 36.4. The maximum absolute atomic E-state index is 2.50. The standard InChI is InChI=1S/C62H44N2/c1-37-39(3)63(51-25-23-47-27-43-19-11-13-21-45(43)29-49(47)31-51)59-35-57-55(33-53(37)59)61(41-15-7-5-8-16-41)58-36-60-54(34-56(58)62(57)42-17-9-6-10-18-42)38(2)40(4)64(60)52-26-24-48-28-44-20-12-14-22-46(44)30-50(48)32-52/h5-36H,1-4H3. The minimum Gasteiger partial charge on any atom is -0.314 e. The lowest BCUT2D eigenvalue weighted by Crippen LogP contribution is -1.98. The lowest BCUT2D eigenvalue weighted by Gasteiger charge is -2.20. The van der Waals surface area contributed by atoms with E-state index in [0.717, 1.165) is 0 Å². The predicted molar refractivity (Wildman–Crippen MR) is 275 cm³/mol. The molecular weight excluding hydrogens is 773 g/mol. The summed E-state index contributed by atoms with van der Waals surface area (Å²) in [6.07, 6.45) is 0. The van der Waals surface area contributed by atoms with Gasteiger partial charge >= 0.3 is 0 Å². The van der Waals surface area contributed by atoms with Crippen molar-refractivity contribution in [2.75, 3.05) is 0 Å². The van der Waals surface area contributed by atoms with E-state index < -0.39 is 0 Å². The molecule has 0 aliphatic heterocycles. The van der Waals surface area contributed by atoms with Crippen molar-refractivity contribution < 1.29 is 0 Å². The first-order chi connectivity index (χ1) is 31.4. The van der Waals surface area contributed by atoms with Gasteiger partial charge in [-0.25, -0.2) is 0 Å². The van der Waals surface area contributed by atoms with Crippen LogP contribution in [-0.4, -0.2) is 9.13 Å². The molecule has 0 atom stereocenters. The predicted octanol–water partition coefficient (Wildman–Crippen LogP) is 17.1.